The first-order valence-corrected chi connectivity index (χ1v) is 7.07. The summed E-state index contributed by atoms with van der Waals surface area (Å²) in [6.07, 6.45) is -0.718. The van der Waals surface area contributed by atoms with Gasteiger partial charge >= 0.3 is 5.97 Å². The topological polar surface area (TPSA) is 66.8 Å². The van der Waals surface area contributed by atoms with Gasteiger partial charge in [0.25, 0.3) is 5.91 Å². The summed E-state index contributed by atoms with van der Waals surface area (Å²) in [6.45, 7) is 7.54. The number of hydrogen-bond acceptors (Lipinski definition) is 3. The minimum absolute atomic E-state index is 0.0684. The van der Waals surface area contributed by atoms with Gasteiger partial charge in [-0.1, -0.05) is 12.1 Å². The molecule has 1 unspecified atom stereocenters. The first kappa shape index (κ1) is 17.0. The van der Waals surface area contributed by atoms with Crippen LogP contribution in [0.2, 0.25) is 0 Å². The lowest BCUT2D eigenvalue weighted by Gasteiger charge is -2.29. The molecule has 1 amide bonds. The van der Waals surface area contributed by atoms with E-state index < -0.39 is 12.1 Å². The Hall–Kier alpha value is -2.04. The van der Waals surface area contributed by atoms with Crippen molar-refractivity contribution in [3.63, 3.8) is 0 Å². The van der Waals surface area contributed by atoms with Crippen molar-refractivity contribution >= 4 is 11.9 Å². The van der Waals surface area contributed by atoms with Gasteiger partial charge in [-0.05, 0) is 45.4 Å². The van der Waals surface area contributed by atoms with Crippen LogP contribution in [0, 0.1) is 6.92 Å². The van der Waals surface area contributed by atoms with Crippen molar-refractivity contribution in [2.24, 2.45) is 0 Å². The second-order valence-electron chi connectivity index (χ2n) is 5.35. The van der Waals surface area contributed by atoms with Gasteiger partial charge in [0, 0.05) is 12.6 Å². The molecule has 1 rings (SSSR count). The maximum Gasteiger partial charge on any atom is 0.305 e. The second kappa shape index (κ2) is 7.67. The molecule has 1 N–H and O–H groups in total. The molecule has 1 atom stereocenters. The number of benzene rings is 1. The number of carbonyl (C=O) groups excluding carboxylic acids is 1. The van der Waals surface area contributed by atoms with Crippen molar-refractivity contribution in [3.05, 3.63) is 29.8 Å². The molecule has 0 heterocycles. The number of rotatable bonds is 7. The summed E-state index contributed by atoms with van der Waals surface area (Å²) in [4.78, 5) is 24.6. The van der Waals surface area contributed by atoms with E-state index in [2.05, 4.69) is 0 Å². The molecule has 0 radical (unpaired) electrons. The van der Waals surface area contributed by atoms with Crippen molar-refractivity contribution in [1.82, 2.24) is 4.90 Å². The number of ether oxygens (including phenoxy) is 1. The SMILES string of the molecule is Cc1cccc(OC(C)C(=O)N(CCC(=O)O)C(C)C)c1. The van der Waals surface area contributed by atoms with Gasteiger partial charge in [0.05, 0.1) is 6.42 Å². The van der Waals surface area contributed by atoms with Gasteiger partial charge in [-0.2, -0.15) is 0 Å². The molecule has 0 spiro atoms. The second-order valence-corrected chi connectivity index (χ2v) is 5.35. The number of carboxylic acid groups (broad SMARTS) is 1. The zero-order valence-corrected chi connectivity index (χ0v) is 13.0. The fourth-order valence-corrected chi connectivity index (χ4v) is 2.02. The van der Waals surface area contributed by atoms with Crippen LogP contribution in [0.4, 0.5) is 0 Å². The lowest BCUT2D eigenvalue weighted by Crippen LogP contribution is -2.45. The molecular weight excluding hydrogens is 270 g/mol. The minimum Gasteiger partial charge on any atom is -0.481 e. The third-order valence-electron chi connectivity index (χ3n) is 3.12. The van der Waals surface area contributed by atoms with Gasteiger partial charge in [0.1, 0.15) is 5.75 Å². The van der Waals surface area contributed by atoms with E-state index in [4.69, 9.17) is 9.84 Å². The summed E-state index contributed by atoms with van der Waals surface area (Å²) in [7, 11) is 0. The van der Waals surface area contributed by atoms with Crippen LogP contribution in [-0.2, 0) is 9.59 Å². The van der Waals surface area contributed by atoms with Gasteiger partial charge in [0.2, 0.25) is 0 Å². The highest BCUT2D eigenvalue weighted by atomic mass is 16.5. The molecule has 0 fully saturated rings. The van der Waals surface area contributed by atoms with E-state index in [1.54, 1.807) is 13.0 Å². The summed E-state index contributed by atoms with van der Waals surface area (Å²) in [5, 5.41) is 8.76. The van der Waals surface area contributed by atoms with Crippen LogP contribution < -0.4 is 4.74 Å². The molecule has 5 nitrogen and oxygen atoms in total. The average Bonchev–Trinajstić information content (AvgIpc) is 2.37. The third-order valence-corrected chi connectivity index (χ3v) is 3.12. The molecule has 21 heavy (non-hydrogen) atoms. The van der Waals surface area contributed by atoms with Crippen molar-refractivity contribution in [3.8, 4) is 5.75 Å². The third kappa shape index (κ3) is 5.45. The fourth-order valence-electron chi connectivity index (χ4n) is 2.02. The average molecular weight is 293 g/mol. The van der Waals surface area contributed by atoms with Crippen LogP contribution in [0.25, 0.3) is 0 Å². The highest BCUT2D eigenvalue weighted by molar-refractivity contribution is 5.81. The van der Waals surface area contributed by atoms with Gasteiger partial charge in [-0.3, -0.25) is 9.59 Å². The van der Waals surface area contributed by atoms with Gasteiger partial charge < -0.3 is 14.7 Å². The molecular formula is C16H23NO4. The van der Waals surface area contributed by atoms with Gasteiger partial charge in [0.15, 0.2) is 6.10 Å². The van der Waals surface area contributed by atoms with Crippen LogP contribution in [0.5, 0.6) is 5.75 Å². The monoisotopic (exact) mass is 293 g/mol. The van der Waals surface area contributed by atoms with Crippen molar-refractivity contribution in [1.29, 1.82) is 0 Å². The molecule has 1 aromatic carbocycles. The molecule has 0 saturated carbocycles. The predicted octanol–water partition coefficient (Wildman–Crippen LogP) is 2.47. The smallest absolute Gasteiger partial charge is 0.305 e. The van der Waals surface area contributed by atoms with Crippen LogP contribution >= 0.6 is 0 Å². The molecule has 0 aromatic heterocycles. The largest absolute Gasteiger partial charge is 0.481 e. The first-order valence-electron chi connectivity index (χ1n) is 7.07. The zero-order valence-electron chi connectivity index (χ0n) is 13.0. The highest BCUT2D eigenvalue weighted by Crippen LogP contribution is 2.15. The van der Waals surface area contributed by atoms with E-state index >= 15 is 0 Å². The number of aliphatic carboxylic acids is 1. The van der Waals surface area contributed by atoms with Crippen LogP contribution in [0.1, 0.15) is 32.8 Å². The molecule has 116 valence electrons. The number of nitrogens with zero attached hydrogens (tertiary/aromatic N) is 1. The predicted molar refractivity (Wildman–Crippen MR) is 80.4 cm³/mol. The Morgan fingerprint density at radius 2 is 1.95 bits per heavy atom. The highest BCUT2D eigenvalue weighted by Gasteiger charge is 2.24. The van der Waals surface area contributed by atoms with Crippen LogP contribution in [-0.4, -0.2) is 40.6 Å². The minimum atomic E-state index is -0.916. The number of aryl methyl sites for hydroxylation is 1. The lowest BCUT2D eigenvalue weighted by atomic mass is 10.2. The number of amides is 1. The molecule has 5 heteroatoms. The van der Waals surface area contributed by atoms with E-state index in [9.17, 15) is 9.59 Å². The summed E-state index contributed by atoms with van der Waals surface area (Å²) in [5.74, 6) is -0.480. The Balaban J connectivity index is 2.71. The summed E-state index contributed by atoms with van der Waals surface area (Å²) in [5.41, 5.74) is 1.05. The lowest BCUT2D eigenvalue weighted by molar-refractivity contribution is -0.142. The van der Waals surface area contributed by atoms with E-state index in [1.807, 2.05) is 39.0 Å². The Kier molecular flexibility index (Phi) is 6.21. The van der Waals surface area contributed by atoms with Gasteiger partial charge in [-0.15, -0.1) is 0 Å². The Morgan fingerprint density at radius 3 is 2.48 bits per heavy atom. The first-order chi connectivity index (χ1) is 9.81. The molecule has 0 aliphatic heterocycles. The zero-order chi connectivity index (χ0) is 16.0. The summed E-state index contributed by atoms with van der Waals surface area (Å²) in [6, 6.07) is 7.41. The molecule has 0 aliphatic rings. The van der Waals surface area contributed by atoms with Crippen LogP contribution in [0.15, 0.2) is 24.3 Å². The Bertz CT molecular complexity index is 499. The van der Waals surface area contributed by atoms with Crippen molar-refractivity contribution in [2.45, 2.75) is 46.3 Å². The Morgan fingerprint density at radius 1 is 1.29 bits per heavy atom. The number of hydrogen-bond donors (Lipinski definition) is 1. The number of carbonyl (C=O) groups is 2. The standard InChI is InChI=1S/C16H23NO4/c1-11(2)17(9-8-15(18)19)16(20)13(4)21-14-7-5-6-12(3)10-14/h5-7,10-11,13H,8-9H2,1-4H3,(H,18,19). The van der Waals surface area contributed by atoms with Gasteiger partial charge in [-0.25, -0.2) is 0 Å². The normalized spacial score (nSPS) is 12.0. The van der Waals surface area contributed by atoms with E-state index in [0.29, 0.717) is 5.75 Å². The van der Waals surface area contributed by atoms with Crippen molar-refractivity contribution in [2.75, 3.05) is 6.54 Å². The molecule has 1 aromatic rings. The van der Waals surface area contributed by atoms with E-state index in [-0.39, 0.29) is 24.9 Å². The Labute approximate surface area is 125 Å². The summed E-state index contributed by atoms with van der Waals surface area (Å²) >= 11 is 0. The van der Waals surface area contributed by atoms with E-state index in [0.717, 1.165) is 5.56 Å². The van der Waals surface area contributed by atoms with Crippen molar-refractivity contribution < 1.29 is 19.4 Å². The fraction of sp³-hybridized carbons (Fsp3) is 0.500. The molecule has 0 aliphatic carbocycles. The quantitative estimate of drug-likeness (QED) is 0.838. The number of carboxylic acids is 1. The maximum atomic E-state index is 12.4. The molecule has 0 bridgehead atoms. The molecule has 0 saturated heterocycles. The maximum absolute atomic E-state index is 12.4. The van der Waals surface area contributed by atoms with E-state index in [1.165, 1.54) is 4.90 Å². The van der Waals surface area contributed by atoms with Crippen LogP contribution in [0.3, 0.4) is 0 Å². The summed E-state index contributed by atoms with van der Waals surface area (Å²) < 4.78 is 5.66.